The number of carbonyl (C=O) groups excluding carboxylic acids is 1. The Morgan fingerprint density at radius 1 is 1.47 bits per heavy atom. The summed E-state index contributed by atoms with van der Waals surface area (Å²) in [4.78, 5) is 12.1. The molecular weight excluding hydrogens is 283 g/mol. The lowest BCUT2D eigenvalue weighted by atomic mass is 9.89. The van der Waals surface area contributed by atoms with Crippen molar-refractivity contribution in [3.8, 4) is 0 Å². The van der Waals surface area contributed by atoms with Crippen molar-refractivity contribution in [2.75, 3.05) is 19.6 Å². The number of hydrogen-bond acceptors (Lipinski definition) is 2. The van der Waals surface area contributed by atoms with Gasteiger partial charge in [-0.05, 0) is 44.0 Å². The summed E-state index contributed by atoms with van der Waals surface area (Å²) in [5.41, 5.74) is 0.727. The molecule has 1 unspecified atom stereocenters. The van der Waals surface area contributed by atoms with Gasteiger partial charge in [0, 0.05) is 23.1 Å². The van der Waals surface area contributed by atoms with Crippen LogP contribution in [0, 0.1) is 5.41 Å². The predicted molar refractivity (Wildman–Crippen MR) is 78.8 cm³/mol. The molecule has 0 spiro atoms. The first-order chi connectivity index (χ1) is 9.01. The van der Waals surface area contributed by atoms with E-state index in [4.69, 9.17) is 23.2 Å². The summed E-state index contributed by atoms with van der Waals surface area (Å²) in [5, 5.41) is 7.48. The average Bonchev–Trinajstić information content (AvgIpc) is 2.80. The third-order valence-electron chi connectivity index (χ3n) is 3.61. The number of benzene rings is 1. The molecule has 1 aromatic rings. The third-order valence-corrected chi connectivity index (χ3v) is 4.20. The Balaban J connectivity index is 1.85. The van der Waals surface area contributed by atoms with Gasteiger partial charge in [-0.3, -0.25) is 4.79 Å². The smallest absolute Gasteiger partial charge is 0.227 e. The summed E-state index contributed by atoms with van der Waals surface area (Å²) in [5.74, 6) is 0.114. The second-order valence-corrected chi connectivity index (χ2v) is 6.07. The highest BCUT2D eigenvalue weighted by Gasteiger charge is 2.35. The molecule has 5 heteroatoms. The quantitative estimate of drug-likeness (QED) is 0.897. The lowest BCUT2D eigenvalue weighted by molar-refractivity contribution is -0.129. The molecule has 104 valence electrons. The van der Waals surface area contributed by atoms with Crippen molar-refractivity contribution in [1.29, 1.82) is 0 Å². The van der Waals surface area contributed by atoms with Crippen LogP contribution in [-0.4, -0.2) is 25.5 Å². The average molecular weight is 301 g/mol. The molecule has 1 saturated heterocycles. The molecule has 19 heavy (non-hydrogen) atoms. The van der Waals surface area contributed by atoms with Crippen LogP contribution in [0.1, 0.15) is 18.9 Å². The number of halogens is 2. The highest BCUT2D eigenvalue weighted by Crippen LogP contribution is 2.24. The Morgan fingerprint density at radius 2 is 2.26 bits per heavy atom. The van der Waals surface area contributed by atoms with E-state index in [0.29, 0.717) is 23.0 Å². The van der Waals surface area contributed by atoms with Crippen molar-refractivity contribution < 1.29 is 4.79 Å². The topological polar surface area (TPSA) is 41.1 Å². The lowest BCUT2D eigenvalue weighted by Gasteiger charge is -2.21. The first-order valence-electron chi connectivity index (χ1n) is 6.44. The van der Waals surface area contributed by atoms with Crippen molar-refractivity contribution in [2.24, 2.45) is 5.41 Å². The number of carbonyl (C=O) groups is 1. The highest BCUT2D eigenvalue weighted by molar-refractivity contribution is 6.35. The van der Waals surface area contributed by atoms with E-state index in [1.807, 2.05) is 19.1 Å². The van der Waals surface area contributed by atoms with Crippen LogP contribution in [0.15, 0.2) is 18.2 Å². The van der Waals surface area contributed by atoms with E-state index in [1.165, 1.54) is 0 Å². The molecule has 1 heterocycles. The van der Waals surface area contributed by atoms with E-state index in [2.05, 4.69) is 10.6 Å². The summed E-state index contributed by atoms with van der Waals surface area (Å²) in [7, 11) is 0. The fraction of sp³-hybridized carbons (Fsp3) is 0.500. The van der Waals surface area contributed by atoms with Crippen molar-refractivity contribution in [1.82, 2.24) is 10.6 Å². The van der Waals surface area contributed by atoms with Crippen molar-refractivity contribution in [3.63, 3.8) is 0 Å². The number of amides is 1. The zero-order valence-electron chi connectivity index (χ0n) is 10.9. The summed E-state index contributed by atoms with van der Waals surface area (Å²) in [6.45, 7) is 4.25. The summed E-state index contributed by atoms with van der Waals surface area (Å²) in [6, 6.07) is 5.44. The molecule has 2 rings (SSSR count). The molecule has 3 nitrogen and oxygen atoms in total. The minimum Gasteiger partial charge on any atom is -0.355 e. The highest BCUT2D eigenvalue weighted by atomic mass is 35.5. The first-order valence-corrected chi connectivity index (χ1v) is 7.20. The molecule has 1 fully saturated rings. The largest absolute Gasteiger partial charge is 0.355 e. The van der Waals surface area contributed by atoms with E-state index >= 15 is 0 Å². The second-order valence-electron chi connectivity index (χ2n) is 5.23. The van der Waals surface area contributed by atoms with Crippen LogP contribution < -0.4 is 10.6 Å². The van der Waals surface area contributed by atoms with Gasteiger partial charge in [0.15, 0.2) is 0 Å². The van der Waals surface area contributed by atoms with Gasteiger partial charge in [-0.2, -0.15) is 0 Å². The van der Waals surface area contributed by atoms with E-state index in [1.54, 1.807) is 6.07 Å². The summed E-state index contributed by atoms with van der Waals surface area (Å²) in [6.07, 6.45) is 1.60. The molecule has 2 N–H and O–H groups in total. The Labute approximate surface area is 123 Å². The van der Waals surface area contributed by atoms with Gasteiger partial charge in [-0.1, -0.05) is 29.3 Å². The molecule has 0 radical (unpaired) electrons. The van der Waals surface area contributed by atoms with Crippen molar-refractivity contribution in [2.45, 2.75) is 19.8 Å². The minimum absolute atomic E-state index is 0.114. The molecular formula is C14H18Cl2N2O. The zero-order valence-corrected chi connectivity index (χ0v) is 12.4. The number of hydrogen-bond donors (Lipinski definition) is 2. The first kappa shape index (κ1) is 14.6. The monoisotopic (exact) mass is 300 g/mol. The van der Waals surface area contributed by atoms with Gasteiger partial charge in [0.05, 0.1) is 5.41 Å². The Bertz CT molecular complexity index is 471. The SMILES string of the molecule is CC1(C(=O)NCCc2ccc(Cl)cc2Cl)CCNC1. The second kappa shape index (κ2) is 6.12. The van der Waals surface area contributed by atoms with E-state index in [0.717, 1.165) is 25.1 Å². The van der Waals surface area contributed by atoms with Gasteiger partial charge < -0.3 is 10.6 Å². The van der Waals surface area contributed by atoms with Gasteiger partial charge in [-0.25, -0.2) is 0 Å². The van der Waals surface area contributed by atoms with Gasteiger partial charge in [0.25, 0.3) is 0 Å². The number of rotatable bonds is 4. The van der Waals surface area contributed by atoms with Gasteiger partial charge in [0.1, 0.15) is 0 Å². The van der Waals surface area contributed by atoms with E-state index < -0.39 is 0 Å². The van der Waals surface area contributed by atoms with E-state index in [9.17, 15) is 4.79 Å². The summed E-state index contributed by atoms with van der Waals surface area (Å²) >= 11 is 11.9. The normalized spacial score (nSPS) is 22.5. The maximum atomic E-state index is 12.1. The van der Waals surface area contributed by atoms with Crippen LogP contribution >= 0.6 is 23.2 Å². The van der Waals surface area contributed by atoms with Crippen LogP contribution in [0.25, 0.3) is 0 Å². The Hall–Kier alpha value is -0.770. The molecule has 1 aliphatic rings. The minimum atomic E-state index is -0.274. The molecule has 0 bridgehead atoms. The molecule has 0 aromatic heterocycles. The lowest BCUT2D eigenvalue weighted by Crippen LogP contribution is -2.41. The molecule has 1 aliphatic heterocycles. The maximum absolute atomic E-state index is 12.1. The molecule has 0 aliphatic carbocycles. The fourth-order valence-electron chi connectivity index (χ4n) is 2.26. The molecule has 1 amide bonds. The van der Waals surface area contributed by atoms with E-state index in [-0.39, 0.29) is 11.3 Å². The molecule has 1 atom stereocenters. The summed E-state index contributed by atoms with van der Waals surface area (Å²) < 4.78 is 0. The van der Waals surface area contributed by atoms with Crippen LogP contribution in [0.2, 0.25) is 10.0 Å². The Kier molecular flexibility index (Phi) is 4.71. The molecule has 1 aromatic carbocycles. The fourth-order valence-corrected chi connectivity index (χ4v) is 2.76. The predicted octanol–water partition coefficient (Wildman–Crippen LogP) is 2.65. The standard InChI is InChI=1S/C14H18Cl2N2O/c1-14(5-7-17-9-14)13(19)18-6-4-10-2-3-11(15)8-12(10)16/h2-3,8,17H,4-7,9H2,1H3,(H,18,19). The third kappa shape index (κ3) is 3.62. The molecule has 0 saturated carbocycles. The Morgan fingerprint density at radius 3 is 2.89 bits per heavy atom. The van der Waals surface area contributed by atoms with Crippen LogP contribution in [-0.2, 0) is 11.2 Å². The van der Waals surface area contributed by atoms with Gasteiger partial charge in [-0.15, -0.1) is 0 Å². The van der Waals surface area contributed by atoms with Gasteiger partial charge >= 0.3 is 0 Å². The maximum Gasteiger partial charge on any atom is 0.227 e. The van der Waals surface area contributed by atoms with Crippen molar-refractivity contribution >= 4 is 29.1 Å². The zero-order chi connectivity index (χ0) is 13.9. The van der Waals surface area contributed by atoms with Crippen LogP contribution in [0.4, 0.5) is 0 Å². The van der Waals surface area contributed by atoms with Crippen LogP contribution in [0.5, 0.6) is 0 Å². The van der Waals surface area contributed by atoms with Gasteiger partial charge in [0.2, 0.25) is 5.91 Å². The van der Waals surface area contributed by atoms with Crippen LogP contribution in [0.3, 0.4) is 0 Å². The van der Waals surface area contributed by atoms with Crippen molar-refractivity contribution in [3.05, 3.63) is 33.8 Å². The number of nitrogens with one attached hydrogen (secondary N) is 2.